The Kier molecular flexibility index (Phi) is 4.43. The van der Waals surface area contributed by atoms with Crippen LogP contribution in [0.3, 0.4) is 0 Å². The quantitative estimate of drug-likeness (QED) is 0.939. The average Bonchev–Trinajstić information content (AvgIpc) is 3.17. The lowest BCUT2D eigenvalue weighted by molar-refractivity contribution is 0.0712. The van der Waals surface area contributed by atoms with Crippen LogP contribution in [-0.4, -0.2) is 39.4 Å². The zero-order chi connectivity index (χ0) is 16.4. The summed E-state index contributed by atoms with van der Waals surface area (Å²) < 4.78 is 7.37. The van der Waals surface area contributed by atoms with Crippen molar-refractivity contribution in [3.63, 3.8) is 0 Å². The topological polar surface area (TPSA) is 69.0 Å². The normalized spacial score (nSPS) is 18.8. The van der Waals surface area contributed by atoms with Crippen LogP contribution >= 0.6 is 0 Å². The fourth-order valence-corrected chi connectivity index (χ4v) is 2.89. The van der Waals surface area contributed by atoms with Crippen LogP contribution in [0.25, 0.3) is 5.82 Å². The van der Waals surface area contributed by atoms with E-state index >= 15 is 0 Å². The summed E-state index contributed by atoms with van der Waals surface area (Å²) in [5.74, 6) is 0.583. The van der Waals surface area contributed by atoms with Crippen LogP contribution in [0.5, 0.6) is 0 Å². The van der Waals surface area contributed by atoms with Crippen molar-refractivity contribution in [2.45, 2.75) is 45.8 Å². The number of amides is 1. The molecule has 6 heteroatoms. The maximum atomic E-state index is 12.3. The Balaban J connectivity index is 1.69. The van der Waals surface area contributed by atoms with Crippen LogP contribution in [-0.2, 0) is 4.74 Å². The van der Waals surface area contributed by atoms with Crippen molar-refractivity contribution >= 4 is 5.91 Å². The van der Waals surface area contributed by atoms with Crippen LogP contribution < -0.4 is 5.32 Å². The monoisotopic (exact) mass is 314 g/mol. The summed E-state index contributed by atoms with van der Waals surface area (Å²) in [4.78, 5) is 16.7. The largest absolute Gasteiger partial charge is 0.376 e. The number of aromatic nitrogens is 3. The zero-order valence-electron chi connectivity index (χ0n) is 13.7. The van der Waals surface area contributed by atoms with Crippen LogP contribution in [0.15, 0.2) is 24.4 Å². The highest BCUT2D eigenvalue weighted by Gasteiger charge is 2.24. The second-order valence-electron chi connectivity index (χ2n) is 6.06. The molecule has 2 atom stereocenters. The molecule has 1 aliphatic heterocycles. The van der Waals surface area contributed by atoms with E-state index in [0.717, 1.165) is 30.8 Å². The molecule has 2 aromatic heterocycles. The molecular formula is C17H22N4O2. The molecule has 0 saturated carbocycles. The van der Waals surface area contributed by atoms with E-state index in [9.17, 15) is 4.79 Å². The van der Waals surface area contributed by atoms with E-state index in [1.54, 1.807) is 16.9 Å². The van der Waals surface area contributed by atoms with E-state index in [1.165, 1.54) is 0 Å². The van der Waals surface area contributed by atoms with Crippen LogP contribution in [0, 0.1) is 13.8 Å². The number of carbonyl (C=O) groups is 1. The molecule has 0 spiro atoms. The molecule has 0 unspecified atom stereocenters. The van der Waals surface area contributed by atoms with Gasteiger partial charge in [0, 0.05) is 18.5 Å². The SMILES string of the molecule is Cc1cc(C)n(-c2ccc(C(=O)N[C@@H](C)[C@H]3CCCO3)cn2)n1. The number of nitrogens with zero attached hydrogens (tertiary/aromatic N) is 3. The molecule has 0 aliphatic carbocycles. The first-order valence-corrected chi connectivity index (χ1v) is 7.97. The lowest BCUT2D eigenvalue weighted by Gasteiger charge is -2.19. The number of carbonyl (C=O) groups excluding carboxylic acids is 1. The first-order valence-electron chi connectivity index (χ1n) is 7.97. The van der Waals surface area contributed by atoms with Crippen molar-refractivity contribution < 1.29 is 9.53 Å². The molecule has 1 aliphatic rings. The summed E-state index contributed by atoms with van der Waals surface area (Å²) in [7, 11) is 0. The van der Waals surface area contributed by atoms with E-state index in [-0.39, 0.29) is 18.1 Å². The predicted molar refractivity (Wildman–Crippen MR) is 86.7 cm³/mol. The molecule has 1 fully saturated rings. The van der Waals surface area contributed by atoms with Gasteiger partial charge in [-0.15, -0.1) is 0 Å². The van der Waals surface area contributed by atoms with Gasteiger partial charge in [0.15, 0.2) is 5.82 Å². The maximum absolute atomic E-state index is 12.3. The zero-order valence-corrected chi connectivity index (χ0v) is 13.7. The molecule has 1 saturated heterocycles. The van der Waals surface area contributed by atoms with Gasteiger partial charge in [-0.2, -0.15) is 5.10 Å². The molecular weight excluding hydrogens is 292 g/mol. The van der Waals surface area contributed by atoms with E-state index < -0.39 is 0 Å². The molecule has 1 amide bonds. The number of rotatable bonds is 4. The van der Waals surface area contributed by atoms with E-state index in [4.69, 9.17) is 4.74 Å². The Hall–Kier alpha value is -2.21. The van der Waals surface area contributed by atoms with Gasteiger partial charge in [-0.1, -0.05) is 0 Å². The number of aryl methyl sites for hydroxylation is 2. The Morgan fingerprint density at radius 2 is 2.26 bits per heavy atom. The summed E-state index contributed by atoms with van der Waals surface area (Å²) in [5.41, 5.74) is 2.50. The van der Waals surface area contributed by atoms with Crippen molar-refractivity contribution in [2.75, 3.05) is 6.61 Å². The first-order chi connectivity index (χ1) is 11.0. The minimum absolute atomic E-state index is 0.000635. The third kappa shape index (κ3) is 3.42. The summed E-state index contributed by atoms with van der Waals surface area (Å²) >= 11 is 0. The minimum Gasteiger partial charge on any atom is -0.376 e. The number of hydrogen-bond donors (Lipinski definition) is 1. The highest BCUT2D eigenvalue weighted by atomic mass is 16.5. The standard InChI is InChI=1S/C17H22N4O2/c1-11-9-12(2)21(20-11)16-7-6-14(10-18-16)17(22)19-13(3)15-5-4-8-23-15/h6-7,9-10,13,15H,4-5,8H2,1-3H3,(H,19,22)/t13-,15+/m0/s1. The highest BCUT2D eigenvalue weighted by Crippen LogP contribution is 2.16. The minimum atomic E-state index is -0.125. The van der Waals surface area contributed by atoms with Gasteiger partial charge in [-0.25, -0.2) is 9.67 Å². The first kappa shape index (κ1) is 15.7. The van der Waals surface area contributed by atoms with Crippen LogP contribution in [0.4, 0.5) is 0 Å². The van der Waals surface area contributed by atoms with Crippen molar-refractivity contribution in [1.82, 2.24) is 20.1 Å². The van der Waals surface area contributed by atoms with E-state index in [1.807, 2.05) is 32.9 Å². The van der Waals surface area contributed by atoms with Crippen molar-refractivity contribution in [1.29, 1.82) is 0 Å². The van der Waals surface area contributed by atoms with E-state index in [0.29, 0.717) is 11.4 Å². The Labute approximate surface area is 135 Å². The highest BCUT2D eigenvalue weighted by molar-refractivity contribution is 5.94. The number of pyridine rings is 1. The predicted octanol–water partition coefficient (Wildman–Crippen LogP) is 2.18. The second-order valence-corrected chi connectivity index (χ2v) is 6.06. The van der Waals surface area contributed by atoms with Gasteiger partial charge in [-0.3, -0.25) is 4.79 Å². The Morgan fingerprint density at radius 3 is 2.83 bits per heavy atom. The molecule has 6 nitrogen and oxygen atoms in total. The van der Waals surface area contributed by atoms with Gasteiger partial charge in [0.05, 0.1) is 23.4 Å². The second kappa shape index (κ2) is 6.50. The van der Waals surface area contributed by atoms with Gasteiger partial charge in [0.2, 0.25) is 0 Å². The lowest BCUT2D eigenvalue weighted by atomic mass is 10.1. The summed E-state index contributed by atoms with van der Waals surface area (Å²) in [6.07, 6.45) is 3.75. The third-order valence-electron chi connectivity index (χ3n) is 4.12. The summed E-state index contributed by atoms with van der Waals surface area (Å²) in [5, 5.41) is 7.38. The van der Waals surface area contributed by atoms with Crippen molar-refractivity contribution in [3.8, 4) is 5.82 Å². The Bertz CT molecular complexity index is 687. The van der Waals surface area contributed by atoms with Gasteiger partial charge >= 0.3 is 0 Å². The molecule has 0 aromatic carbocycles. The fraction of sp³-hybridized carbons (Fsp3) is 0.471. The summed E-state index contributed by atoms with van der Waals surface area (Å²) in [6.45, 7) is 6.68. The van der Waals surface area contributed by atoms with Crippen molar-refractivity contribution in [3.05, 3.63) is 41.3 Å². The Morgan fingerprint density at radius 1 is 1.43 bits per heavy atom. The number of nitrogens with one attached hydrogen (secondary N) is 1. The van der Waals surface area contributed by atoms with Gasteiger partial charge in [0.25, 0.3) is 5.91 Å². The van der Waals surface area contributed by atoms with Gasteiger partial charge < -0.3 is 10.1 Å². The van der Waals surface area contributed by atoms with Crippen LogP contribution in [0.2, 0.25) is 0 Å². The van der Waals surface area contributed by atoms with Crippen LogP contribution in [0.1, 0.15) is 41.5 Å². The number of hydrogen-bond acceptors (Lipinski definition) is 4. The van der Waals surface area contributed by atoms with Crippen molar-refractivity contribution in [2.24, 2.45) is 0 Å². The smallest absolute Gasteiger partial charge is 0.253 e. The average molecular weight is 314 g/mol. The molecule has 23 heavy (non-hydrogen) atoms. The molecule has 3 rings (SSSR count). The molecule has 0 bridgehead atoms. The summed E-state index contributed by atoms with van der Waals surface area (Å²) in [6, 6.07) is 5.58. The molecule has 2 aromatic rings. The molecule has 0 radical (unpaired) electrons. The van der Waals surface area contributed by atoms with Gasteiger partial charge in [-0.05, 0) is 51.8 Å². The number of ether oxygens (including phenoxy) is 1. The lowest BCUT2D eigenvalue weighted by Crippen LogP contribution is -2.40. The molecule has 3 heterocycles. The van der Waals surface area contributed by atoms with E-state index in [2.05, 4.69) is 15.4 Å². The third-order valence-corrected chi connectivity index (χ3v) is 4.12. The van der Waals surface area contributed by atoms with Gasteiger partial charge in [0.1, 0.15) is 0 Å². The molecule has 1 N–H and O–H groups in total. The fourth-order valence-electron chi connectivity index (χ4n) is 2.89. The molecule has 122 valence electrons. The maximum Gasteiger partial charge on any atom is 0.253 e.